The summed E-state index contributed by atoms with van der Waals surface area (Å²) in [5.74, 6) is -0.804. The highest BCUT2D eigenvalue weighted by Gasteiger charge is 2.30. The number of halogens is 2. The molecule has 0 aliphatic carbocycles. The second-order valence-electron chi connectivity index (χ2n) is 9.93. The van der Waals surface area contributed by atoms with Crippen molar-refractivity contribution in [1.29, 1.82) is 0 Å². The summed E-state index contributed by atoms with van der Waals surface area (Å²) in [7, 11) is 0. The number of hydrogen-bond donors (Lipinski definition) is 0. The predicted octanol–water partition coefficient (Wildman–Crippen LogP) is 6.89. The number of hydrogen-bond acceptors (Lipinski definition) is 4. The Kier molecular flexibility index (Phi) is 8.02. The number of rotatable bonds is 9. The number of benzene rings is 3. The molecule has 4 aromatic rings. The SMILES string of the molecule is CC(C)c1nn(-c2ccccc2)c(Oc2ccccc2F)c1CN(C[C@@H]1CCCO1)C(=O)c1ccc(F)cc1. The third-order valence-electron chi connectivity index (χ3n) is 6.73. The van der Waals surface area contributed by atoms with E-state index in [1.807, 2.05) is 44.2 Å². The molecule has 1 fully saturated rings. The lowest BCUT2D eigenvalue weighted by molar-refractivity contribution is 0.0505. The number of carbonyl (C=O) groups excluding carboxylic acids is 1. The summed E-state index contributed by atoms with van der Waals surface area (Å²) in [6.07, 6.45) is 1.65. The molecule has 2 heterocycles. The summed E-state index contributed by atoms with van der Waals surface area (Å²) in [6.45, 7) is 5.18. The summed E-state index contributed by atoms with van der Waals surface area (Å²) in [6, 6.07) is 21.2. The fraction of sp³-hybridized carbons (Fsp3) is 0.290. The van der Waals surface area contributed by atoms with Gasteiger partial charge in [0.1, 0.15) is 5.82 Å². The number of ether oxygens (including phenoxy) is 2. The van der Waals surface area contributed by atoms with Crippen LogP contribution in [-0.2, 0) is 11.3 Å². The van der Waals surface area contributed by atoms with Crippen LogP contribution in [0.3, 0.4) is 0 Å². The van der Waals surface area contributed by atoms with E-state index in [0.29, 0.717) is 30.2 Å². The van der Waals surface area contributed by atoms with E-state index in [1.54, 1.807) is 27.8 Å². The third-order valence-corrected chi connectivity index (χ3v) is 6.73. The van der Waals surface area contributed by atoms with Crippen LogP contribution in [-0.4, -0.2) is 39.8 Å². The Morgan fingerprint density at radius 2 is 1.77 bits per heavy atom. The van der Waals surface area contributed by atoms with Crippen molar-refractivity contribution in [1.82, 2.24) is 14.7 Å². The van der Waals surface area contributed by atoms with E-state index >= 15 is 0 Å². The van der Waals surface area contributed by atoms with Gasteiger partial charge in [-0.25, -0.2) is 13.5 Å². The fourth-order valence-electron chi connectivity index (χ4n) is 4.76. The Labute approximate surface area is 226 Å². The van der Waals surface area contributed by atoms with E-state index in [9.17, 15) is 13.6 Å². The molecule has 39 heavy (non-hydrogen) atoms. The lowest BCUT2D eigenvalue weighted by atomic mass is 10.0. The summed E-state index contributed by atoms with van der Waals surface area (Å²) in [5, 5.41) is 4.88. The van der Waals surface area contributed by atoms with E-state index in [2.05, 4.69) is 0 Å². The zero-order chi connectivity index (χ0) is 27.4. The molecule has 202 valence electrons. The molecule has 1 amide bonds. The van der Waals surface area contributed by atoms with Gasteiger partial charge in [0.25, 0.3) is 5.91 Å². The molecule has 5 rings (SSSR count). The first-order valence-corrected chi connectivity index (χ1v) is 13.2. The highest BCUT2D eigenvalue weighted by molar-refractivity contribution is 5.94. The molecule has 0 radical (unpaired) electrons. The molecule has 6 nitrogen and oxygen atoms in total. The van der Waals surface area contributed by atoms with Gasteiger partial charge in [-0.2, -0.15) is 5.10 Å². The van der Waals surface area contributed by atoms with Gasteiger partial charge in [0.05, 0.1) is 29.6 Å². The van der Waals surface area contributed by atoms with Crippen molar-refractivity contribution in [2.45, 2.75) is 45.3 Å². The molecule has 1 aliphatic rings. The van der Waals surface area contributed by atoms with Gasteiger partial charge in [0.15, 0.2) is 11.6 Å². The van der Waals surface area contributed by atoms with Crippen LogP contribution in [0.2, 0.25) is 0 Å². The van der Waals surface area contributed by atoms with Crippen LogP contribution in [0.15, 0.2) is 78.9 Å². The first kappa shape index (κ1) is 26.6. The monoisotopic (exact) mass is 531 g/mol. The van der Waals surface area contributed by atoms with Crippen molar-refractivity contribution in [2.24, 2.45) is 0 Å². The van der Waals surface area contributed by atoms with Crippen LogP contribution in [0.25, 0.3) is 5.69 Å². The Hall–Kier alpha value is -4.04. The first-order chi connectivity index (χ1) is 18.9. The third kappa shape index (κ3) is 6.01. The molecule has 0 unspecified atom stereocenters. The number of para-hydroxylation sites is 2. The molecule has 1 aliphatic heterocycles. The van der Waals surface area contributed by atoms with E-state index < -0.39 is 11.6 Å². The van der Waals surface area contributed by atoms with E-state index in [1.165, 1.54) is 30.3 Å². The average Bonchev–Trinajstić information content (AvgIpc) is 3.58. The van der Waals surface area contributed by atoms with Crippen molar-refractivity contribution in [3.63, 3.8) is 0 Å². The zero-order valence-corrected chi connectivity index (χ0v) is 22.0. The van der Waals surface area contributed by atoms with Gasteiger partial charge >= 0.3 is 0 Å². The molecule has 0 saturated carbocycles. The standard InChI is InChI=1S/C31H31F2N3O3/c1-21(2)29-26(20-35(19-25-11-8-18-38-25)30(37)22-14-16-23(32)17-15-22)31(39-28-13-7-6-12-27(28)33)36(34-29)24-9-4-3-5-10-24/h3-7,9-10,12-17,21,25H,8,11,18-20H2,1-2H3/t25-/m0/s1. The minimum absolute atomic E-state index is 0.0153. The molecular weight excluding hydrogens is 500 g/mol. The van der Waals surface area contributed by atoms with Crippen LogP contribution < -0.4 is 4.74 Å². The number of nitrogens with zero attached hydrogens (tertiary/aromatic N) is 3. The Morgan fingerprint density at radius 1 is 1.05 bits per heavy atom. The van der Waals surface area contributed by atoms with E-state index in [4.69, 9.17) is 14.6 Å². The molecule has 1 saturated heterocycles. The Bertz CT molecular complexity index is 1420. The van der Waals surface area contributed by atoms with Crippen molar-refractivity contribution in [3.8, 4) is 17.3 Å². The van der Waals surface area contributed by atoms with Gasteiger partial charge in [-0.1, -0.05) is 44.2 Å². The minimum Gasteiger partial charge on any atom is -0.435 e. The van der Waals surface area contributed by atoms with Crippen molar-refractivity contribution in [3.05, 3.63) is 107 Å². The molecule has 8 heteroatoms. The maximum Gasteiger partial charge on any atom is 0.254 e. The maximum atomic E-state index is 14.8. The van der Waals surface area contributed by atoms with Crippen LogP contribution in [0.1, 0.15) is 54.2 Å². The quantitative estimate of drug-likeness (QED) is 0.236. The first-order valence-electron chi connectivity index (χ1n) is 13.2. The number of aromatic nitrogens is 2. The van der Waals surface area contributed by atoms with Gasteiger partial charge in [0, 0.05) is 18.7 Å². The molecule has 1 aromatic heterocycles. The smallest absolute Gasteiger partial charge is 0.254 e. The summed E-state index contributed by atoms with van der Waals surface area (Å²) < 4.78 is 42.1. The molecule has 0 N–H and O–H groups in total. The second kappa shape index (κ2) is 11.8. The summed E-state index contributed by atoms with van der Waals surface area (Å²) >= 11 is 0. The molecular formula is C31H31F2N3O3. The molecule has 0 spiro atoms. The Balaban J connectivity index is 1.61. The highest BCUT2D eigenvalue weighted by Crippen LogP contribution is 2.36. The van der Waals surface area contributed by atoms with Gasteiger partial charge in [-0.15, -0.1) is 0 Å². The lowest BCUT2D eigenvalue weighted by Gasteiger charge is -2.26. The molecule has 0 bridgehead atoms. The molecule has 1 atom stereocenters. The van der Waals surface area contributed by atoms with Crippen LogP contribution >= 0.6 is 0 Å². The van der Waals surface area contributed by atoms with Gasteiger partial charge in [-0.3, -0.25) is 4.79 Å². The van der Waals surface area contributed by atoms with Crippen LogP contribution in [0.4, 0.5) is 8.78 Å². The van der Waals surface area contributed by atoms with E-state index in [-0.39, 0.29) is 30.2 Å². The minimum atomic E-state index is -0.506. The summed E-state index contributed by atoms with van der Waals surface area (Å²) in [4.78, 5) is 15.4. The number of carbonyl (C=O) groups is 1. The van der Waals surface area contributed by atoms with E-state index in [0.717, 1.165) is 24.2 Å². The van der Waals surface area contributed by atoms with Crippen molar-refractivity contribution >= 4 is 5.91 Å². The number of amides is 1. The van der Waals surface area contributed by atoms with Crippen LogP contribution in [0, 0.1) is 11.6 Å². The van der Waals surface area contributed by atoms with Crippen LogP contribution in [0.5, 0.6) is 11.6 Å². The second-order valence-corrected chi connectivity index (χ2v) is 9.93. The normalized spacial score (nSPS) is 15.1. The summed E-state index contributed by atoms with van der Waals surface area (Å²) in [5.41, 5.74) is 2.51. The topological polar surface area (TPSA) is 56.6 Å². The fourth-order valence-corrected chi connectivity index (χ4v) is 4.76. The van der Waals surface area contributed by atoms with Crippen molar-refractivity contribution in [2.75, 3.05) is 13.2 Å². The average molecular weight is 532 g/mol. The zero-order valence-electron chi connectivity index (χ0n) is 22.0. The predicted molar refractivity (Wildman–Crippen MR) is 144 cm³/mol. The Morgan fingerprint density at radius 3 is 2.44 bits per heavy atom. The van der Waals surface area contributed by atoms with Gasteiger partial charge < -0.3 is 14.4 Å². The maximum absolute atomic E-state index is 14.8. The van der Waals surface area contributed by atoms with Crippen molar-refractivity contribution < 1.29 is 23.0 Å². The largest absolute Gasteiger partial charge is 0.435 e. The van der Waals surface area contributed by atoms with Gasteiger partial charge in [0.2, 0.25) is 5.88 Å². The van der Waals surface area contributed by atoms with Gasteiger partial charge in [-0.05, 0) is 67.3 Å². The highest BCUT2D eigenvalue weighted by atomic mass is 19.1. The molecule has 3 aromatic carbocycles. The lowest BCUT2D eigenvalue weighted by Crippen LogP contribution is -2.37.